The number of carbonyl (C=O) groups excluding carboxylic acids is 1. The third-order valence-electron chi connectivity index (χ3n) is 10.9. The average molecular weight is 451 g/mol. The van der Waals surface area contributed by atoms with Crippen LogP contribution in [0.5, 0.6) is 0 Å². The van der Waals surface area contributed by atoms with Crippen molar-refractivity contribution in [1.29, 1.82) is 0 Å². The number of aliphatic hydroxyl groups excluding tert-OH is 3. The Hall–Kier alpha value is -0.490. The number of fused-ring (bicyclic) bond motifs is 5. The van der Waals surface area contributed by atoms with Crippen LogP contribution in [-0.4, -0.2) is 50.1 Å². The highest BCUT2D eigenvalue weighted by Gasteiger charge is 2.65. The molecular formula is C27H46O5. The zero-order valence-corrected chi connectivity index (χ0v) is 20.8. The zero-order valence-electron chi connectivity index (χ0n) is 20.8. The number of hydrogen-bond donors (Lipinski definition) is 4. The normalized spacial score (nSPS) is 48.5. The molecule has 0 unspecified atom stereocenters. The van der Waals surface area contributed by atoms with Crippen molar-refractivity contribution in [1.82, 2.24) is 0 Å². The molecule has 4 N–H and O–H groups in total. The molecule has 5 nitrogen and oxygen atoms in total. The van der Waals surface area contributed by atoms with E-state index in [1.165, 1.54) is 0 Å². The number of carbonyl (C=O) groups is 1. The molecule has 0 amide bonds. The highest BCUT2D eigenvalue weighted by molar-refractivity contribution is 5.83. The molecule has 0 spiro atoms. The van der Waals surface area contributed by atoms with Crippen molar-refractivity contribution in [2.45, 2.75) is 116 Å². The molecule has 4 saturated carbocycles. The molecular weight excluding hydrogens is 404 g/mol. The van der Waals surface area contributed by atoms with Gasteiger partial charge in [-0.25, -0.2) is 0 Å². The first-order valence-corrected chi connectivity index (χ1v) is 13.1. The van der Waals surface area contributed by atoms with Crippen molar-refractivity contribution in [3.8, 4) is 0 Å². The molecule has 0 aromatic carbocycles. The van der Waals surface area contributed by atoms with Gasteiger partial charge in [0.15, 0.2) is 0 Å². The Labute approximate surface area is 194 Å². The number of hydrogen-bond acceptors (Lipinski definition) is 5. The van der Waals surface area contributed by atoms with Crippen LogP contribution in [0, 0.1) is 46.3 Å². The van der Waals surface area contributed by atoms with Gasteiger partial charge in [-0.1, -0.05) is 20.8 Å². The summed E-state index contributed by atoms with van der Waals surface area (Å²) in [5, 5.41) is 41.9. The van der Waals surface area contributed by atoms with Gasteiger partial charge in [-0.15, -0.1) is 0 Å². The smallest absolute Gasteiger partial charge is 0.136 e. The Morgan fingerprint density at radius 1 is 1.06 bits per heavy atom. The summed E-state index contributed by atoms with van der Waals surface area (Å²) in [6, 6.07) is 0. The van der Waals surface area contributed by atoms with Gasteiger partial charge in [0, 0.05) is 18.3 Å². The van der Waals surface area contributed by atoms with Crippen LogP contribution in [0.25, 0.3) is 0 Å². The molecule has 0 saturated heterocycles. The molecule has 4 aliphatic rings. The molecule has 0 aromatic heterocycles. The van der Waals surface area contributed by atoms with Crippen molar-refractivity contribution >= 4 is 5.78 Å². The van der Waals surface area contributed by atoms with Crippen molar-refractivity contribution in [3.05, 3.63) is 0 Å². The lowest BCUT2D eigenvalue weighted by molar-refractivity contribution is -0.166. The number of aliphatic hydroxyl groups is 4. The SMILES string of the molecule is C[C@H](CC[C@@H](O)C(C)(C)O)[C@H]1C[C@@H](O)[C@H]2[C@@H]3C(=O)C[C@H]4C[C@@H](O)CC[C@]4(C)[C@H]3CC[C@@]21C. The predicted molar refractivity (Wildman–Crippen MR) is 124 cm³/mol. The molecule has 0 heterocycles. The van der Waals surface area contributed by atoms with Crippen molar-refractivity contribution < 1.29 is 25.2 Å². The van der Waals surface area contributed by atoms with Crippen LogP contribution in [0.4, 0.5) is 0 Å². The van der Waals surface area contributed by atoms with Gasteiger partial charge in [0.1, 0.15) is 5.78 Å². The lowest BCUT2D eigenvalue weighted by Gasteiger charge is -2.60. The summed E-state index contributed by atoms with van der Waals surface area (Å²) in [6.07, 6.45) is 5.82. The van der Waals surface area contributed by atoms with E-state index >= 15 is 0 Å². The summed E-state index contributed by atoms with van der Waals surface area (Å²) >= 11 is 0. The van der Waals surface area contributed by atoms with Gasteiger partial charge in [0.25, 0.3) is 0 Å². The second kappa shape index (κ2) is 8.32. The average Bonchev–Trinajstić information content (AvgIpc) is 2.97. The van der Waals surface area contributed by atoms with Crippen LogP contribution in [0.1, 0.15) is 92.4 Å². The maximum atomic E-state index is 13.5. The molecule has 32 heavy (non-hydrogen) atoms. The summed E-state index contributed by atoms with van der Waals surface area (Å²) < 4.78 is 0. The molecule has 4 fully saturated rings. The van der Waals surface area contributed by atoms with Gasteiger partial charge in [0.2, 0.25) is 0 Å². The maximum Gasteiger partial charge on any atom is 0.136 e. The Bertz CT molecular complexity index is 715. The largest absolute Gasteiger partial charge is 0.393 e. The molecule has 11 atom stereocenters. The first-order valence-electron chi connectivity index (χ1n) is 13.1. The van der Waals surface area contributed by atoms with E-state index < -0.39 is 17.8 Å². The lowest BCUT2D eigenvalue weighted by atomic mass is 9.44. The second-order valence-corrected chi connectivity index (χ2v) is 13.1. The molecule has 0 radical (unpaired) electrons. The lowest BCUT2D eigenvalue weighted by Crippen LogP contribution is -2.58. The van der Waals surface area contributed by atoms with E-state index in [9.17, 15) is 25.2 Å². The molecule has 0 bridgehead atoms. The van der Waals surface area contributed by atoms with Crippen molar-refractivity contribution in [2.75, 3.05) is 0 Å². The Kier molecular flexibility index (Phi) is 6.40. The number of ketones is 1. The zero-order chi connectivity index (χ0) is 23.6. The van der Waals surface area contributed by atoms with Crippen LogP contribution in [0.3, 0.4) is 0 Å². The van der Waals surface area contributed by atoms with E-state index in [0.717, 1.165) is 44.9 Å². The molecule has 0 aliphatic heterocycles. The van der Waals surface area contributed by atoms with E-state index in [4.69, 9.17) is 0 Å². The summed E-state index contributed by atoms with van der Waals surface area (Å²) in [5.74, 6) is 1.53. The fourth-order valence-corrected chi connectivity index (χ4v) is 8.86. The predicted octanol–water partition coefficient (Wildman–Crippen LogP) is 3.70. The van der Waals surface area contributed by atoms with Gasteiger partial charge in [-0.2, -0.15) is 0 Å². The van der Waals surface area contributed by atoms with Gasteiger partial charge in [0.05, 0.1) is 23.9 Å². The third kappa shape index (κ3) is 3.89. The minimum atomic E-state index is -1.10. The summed E-state index contributed by atoms with van der Waals surface area (Å²) in [6.45, 7) is 10.2. The van der Waals surface area contributed by atoms with E-state index in [0.29, 0.717) is 36.4 Å². The molecule has 4 aliphatic carbocycles. The Morgan fingerprint density at radius 2 is 1.72 bits per heavy atom. The van der Waals surface area contributed by atoms with E-state index in [2.05, 4.69) is 20.8 Å². The Balaban J connectivity index is 1.54. The number of rotatable bonds is 5. The van der Waals surface area contributed by atoms with Gasteiger partial charge >= 0.3 is 0 Å². The fraction of sp³-hybridized carbons (Fsp3) is 0.963. The highest BCUT2D eigenvalue weighted by Crippen LogP contribution is 2.67. The number of Topliss-reactive ketones (excluding diaryl/α,β-unsaturated/α-hetero) is 1. The molecule has 184 valence electrons. The van der Waals surface area contributed by atoms with Crippen molar-refractivity contribution in [2.24, 2.45) is 46.3 Å². The van der Waals surface area contributed by atoms with E-state index in [-0.39, 0.29) is 34.7 Å². The van der Waals surface area contributed by atoms with Crippen molar-refractivity contribution in [3.63, 3.8) is 0 Å². The van der Waals surface area contributed by atoms with Crippen LogP contribution in [0.2, 0.25) is 0 Å². The Morgan fingerprint density at radius 3 is 2.38 bits per heavy atom. The van der Waals surface area contributed by atoms with Crippen LogP contribution in [0.15, 0.2) is 0 Å². The first kappa shape index (κ1) is 24.6. The van der Waals surface area contributed by atoms with Crippen LogP contribution < -0.4 is 0 Å². The van der Waals surface area contributed by atoms with Gasteiger partial charge in [-0.05, 0) is 99.7 Å². The monoisotopic (exact) mass is 450 g/mol. The molecule has 4 rings (SSSR count). The van der Waals surface area contributed by atoms with Crippen LogP contribution >= 0.6 is 0 Å². The minimum Gasteiger partial charge on any atom is -0.393 e. The topological polar surface area (TPSA) is 98.0 Å². The summed E-state index contributed by atoms with van der Waals surface area (Å²) in [4.78, 5) is 13.5. The van der Waals surface area contributed by atoms with Gasteiger partial charge in [-0.3, -0.25) is 4.79 Å². The molecule has 5 heteroatoms. The summed E-state index contributed by atoms with van der Waals surface area (Å²) in [5.41, 5.74) is -1.07. The quantitative estimate of drug-likeness (QED) is 0.512. The second-order valence-electron chi connectivity index (χ2n) is 13.1. The van der Waals surface area contributed by atoms with E-state index in [1.54, 1.807) is 13.8 Å². The van der Waals surface area contributed by atoms with E-state index in [1.807, 2.05) is 0 Å². The van der Waals surface area contributed by atoms with Gasteiger partial charge < -0.3 is 20.4 Å². The highest BCUT2D eigenvalue weighted by atomic mass is 16.3. The molecule has 0 aromatic rings. The minimum absolute atomic E-state index is 0.0185. The fourth-order valence-electron chi connectivity index (χ4n) is 8.86. The third-order valence-corrected chi connectivity index (χ3v) is 10.9. The summed E-state index contributed by atoms with van der Waals surface area (Å²) in [7, 11) is 0. The standard InChI is InChI=1S/C27H46O5/c1-15(6-7-22(31)25(2,3)32)19-14-21(30)24-23-18(9-11-27(19,24)5)26(4)10-8-17(28)12-16(26)13-20(23)29/h15-19,21-24,28,30-32H,6-14H2,1-5H3/t15-,16-,17+,18+,19-,21-,22-,23+,24+,26+,27-/m1/s1. The maximum absolute atomic E-state index is 13.5. The van der Waals surface area contributed by atoms with Crippen LogP contribution in [-0.2, 0) is 4.79 Å². The first-order chi connectivity index (χ1) is 14.8.